The van der Waals surface area contributed by atoms with Crippen molar-refractivity contribution in [3.8, 4) is 0 Å². The molecule has 3 N–H and O–H groups in total. The van der Waals surface area contributed by atoms with Crippen LogP contribution in [0.15, 0.2) is 36.5 Å². The van der Waals surface area contributed by atoms with Crippen LogP contribution in [-0.2, 0) is 0 Å². The molecule has 2 rings (SSSR count). The fourth-order valence-corrected chi connectivity index (χ4v) is 1.51. The second-order valence-corrected chi connectivity index (χ2v) is 3.90. The molecule has 0 atom stereocenters. The van der Waals surface area contributed by atoms with Crippen molar-refractivity contribution in [2.75, 3.05) is 11.1 Å². The summed E-state index contributed by atoms with van der Waals surface area (Å²) in [4.78, 5) is 15.9. The minimum atomic E-state index is -0.381. The Bertz CT molecular complexity index is 581. The second-order valence-electron chi connectivity index (χ2n) is 3.90. The quantitative estimate of drug-likeness (QED) is 0.853. The molecule has 0 saturated carbocycles. The van der Waals surface area contributed by atoms with Gasteiger partial charge in [0.15, 0.2) is 0 Å². The van der Waals surface area contributed by atoms with Gasteiger partial charge in [-0.2, -0.15) is 0 Å². The molecule has 0 unspecified atom stereocenters. The van der Waals surface area contributed by atoms with E-state index in [4.69, 9.17) is 5.73 Å². The monoisotopic (exact) mass is 245 g/mol. The first kappa shape index (κ1) is 12.0. The number of anilines is 2. The SMILES string of the molecule is Cc1cc(N)cnc1NC(=O)c1ccc(F)cc1. The molecule has 2 aromatic rings. The number of rotatable bonds is 2. The maximum Gasteiger partial charge on any atom is 0.256 e. The first-order chi connectivity index (χ1) is 8.56. The van der Waals surface area contributed by atoms with Crippen LogP contribution in [0.2, 0.25) is 0 Å². The fraction of sp³-hybridized carbons (Fsp3) is 0.0769. The van der Waals surface area contributed by atoms with Gasteiger partial charge in [0.1, 0.15) is 11.6 Å². The summed E-state index contributed by atoms with van der Waals surface area (Å²) >= 11 is 0. The number of pyridine rings is 1. The number of nitrogens with zero attached hydrogens (tertiary/aromatic N) is 1. The summed E-state index contributed by atoms with van der Waals surface area (Å²) in [5, 5.41) is 2.65. The number of nitrogens with one attached hydrogen (secondary N) is 1. The molecule has 1 aromatic carbocycles. The Hall–Kier alpha value is -2.43. The normalized spacial score (nSPS) is 10.1. The molecule has 0 bridgehead atoms. The van der Waals surface area contributed by atoms with Crippen molar-refractivity contribution >= 4 is 17.4 Å². The summed E-state index contributed by atoms with van der Waals surface area (Å²) < 4.78 is 12.7. The van der Waals surface area contributed by atoms with Gasteiger partial charge in [-0.15, -0.1) is 0 Å². The Balaban J connectivity index is 2.18. The van der Waals surface area contributed by atoms with E-state index in [-0.39, 0.29) is 11.7 Å². The zero-order chi connectivity index (χ0) is 13.1. The first-order valence-corrected chi connectivity index (χ1v) is 5.35. The van der Waals surface area contributed by atoms with E-state index in [2.05, 4.69) is 10.3 Å². The van der Waals surface area contributed by atoms with Crippen LogP contribution in [0.3, 0.4) is 0 Å². The molecule has 92 valence electrons. The van der Waals surface area contributed by atoms with Crippen molar-refractivity contribution in [3.05, 3.63) is 53.5 Å². The van der Waals surface area contributed by atoms with E-state index in [9.17, 15) is 9.18 Å². The lowest BCUT2D eigenvalue weighted by atomic mass is 10.2. The summed E-state index contributed by atoms with van der Waals surface area (Å²) in [5.41, 5.74) is 7.24. The van der Waals surface area contributed by atoms with E-state index in [0.29, 0.717) is 17.1 Å². The number of aryl methyl sites for hydroxylation is 1. The van der Waals surface area contributed by atoms with Gasteiger partial charge in [-0.25, -0.2) is 9.37 Å². The van der Waals surface area contributed by atoms with Crippen molar-refractivity contribution in [2.45, 2.75) is 6.92 Å². The van der Waals surface area contributed by atoms with Crippen molar-refractivity contribution in [1.82, 2.24) is 4.98 Å². The molecule has 0 radical (unpaired) electrons. The Kier molecular flexibility index (Phi) is 3.23. The van der Waals surface area contributed by atoms with E-state index < -0.39 is 0 Å². The zero-order valence-electron chi connectivity index (χ0n) is 9.77. The molecule has 0 aliphatic rings. The molecular weight excluding hydrogens is 233 g/mol. The highest BCUT2D eigenvalue weighted by Crippen LogP contribution is 2.15. The predicted octanol–water partition coefficient (Wildman–Crippen LogP) is 2.36. The number of nitrogen functional groups attached to an aromatic ring is 1. The third kappa shape index (κ3) is 2.63. The van der Waals surface area contributed by atoms with Gasteiger partial charge >= 0.3 is 0 Å². The lowest BCUT2D eigenvalue weighted by Crippen LogP contribution is -2.14. The maximum absolute atomic E-state index is 12.7. The van der Waals surface area contributed by atoms with Crippen LogP contribution in [0, 0.1) is 12.7 Å². The topological polar surface area (TPSA) is 68.0 Å². The lowest BCUT2D eigenvalue weighted by molar-refractivity contribution is 0.102. The predicted molar refractivity (Wildman–Crippen MR) is 67.7 cm³/mol. The number of aromatic nitrogens is 1. The van der Waals surface area contributed by atoms with Crippen molar-refractivity contribution in [1.29, 1.82) is 0 Å². The number of benzene rings is 1. The summed E-state index contributed by atoms with van der Waals surface area (Å²) in [6.45, 7) is 1.80. The molecule has 5 heteroatoms. The van der Waals surface area contributed by atoms with Gasteiger partial charge in [-0.3, -0.25) is 4.79 Å². The van der Waals surface area contributed by atoms with Gasteiger partial charge in [0.05, 0.1) is 11.9 Å². The average Bonchev–Trinajstić information content (AvgIpc) is 2.33. The van der Waals surface area contributed by atoms with Crippen LogP contribution in [-0.4, -0.2) is 10.9 Å². The van der Waals surface area contributed by atoms with Gasteiger partial charge < -0.3 is 11.1 Å². The van der Waals surface area contributed by atoms with Crippen LogP contribution in [0.4, 0.5) is 15.9 Å². The van der Waals surface area contributed by atoms with Crippen LogP contribution < -0.4 is 11.1 Å². The summed E-state index contributed by atoms with van der Waals surface area (Å²) in [6.07, 6.45) is 1.47. The molecule has 1 heterocycles. The van der Waals surface area contributed by atoms with Crippen molar-refractivity contribution in [2.24, 2.45) is 0 Å². The largest absolute Gasteiger partial charge is 0.397 e. The fourth-order valence-electron chi connectivity index (χ4n) is 1.51. The second kappa shape index (κ2) is 4.83. The number of carbonyl (C=O) groups is 1. The molecule has 0 aliphatic heterocycles. The number of hydrogen-bond acceptors (Lipinski definition) is 3. The molecule has 0 aliphatic carbocycles. The Morgan fingerprint density at radius 2 is 2.00 bits per heavy atom. The van der Waals surface area contributed by atoms with Crippen LogP contribution >= 0.6 is 0 Å². The van der Waals surface area contributed by atoms with Gasteiger partial charge in [0.2, 0.25) is 0 Å². The van der Waals surface area contributed by atoms with E-state index in [1.54, 1.807) is 13.0 Å². The number of amides is 1. The number of hydrogen-bond donors (Lipinski definition) is 2. The highest BCUT2D eigenvalue weighted by molar-refractivity contribution is 6.04. The van der Waals surface area contributed by atoms with Crippen LogP contribution in [0.5, 0.6) is 0 Å². The van der Waals surface area contributed by atoms with Crippen LogP contribution in [0.25, 0.3) is 0 Å². The van der Waals surface area contributed by atoms with Crippen LogP contribution in [0.1, 0.15) is 15.9 Å². The number of nitrogens with two attached hydrogens (primary N) is 1. The Labute approximate surface area is 104 Å². The van der Waals surface area contributed by atoms with E-state index >= 15 is 0 Å². The molecule has 1 amide bonds. The highest BCUT2D eigenvalue weighted by atomic mass is 19.1. The molecule has 1 aromatic heterocycles. The standard InChI is InChI=1S/C13H12FN3O/c1-8-6-11(15)7-16-12(8)17-13(18)9-2-4-10(14)5-3-9/h2-7H,15H2,1H3,(H,16,17,18). The molecule has 0 saturated heterocycles. The van der Waals surface area contributed by atoms with E-state index in [1.165, 1.54) is 30.5 Å². The van der Waals surface area contributed by atoms with Gasteiger partial charge in [0.25, 0.3) is 5.91 Å². The van der Waals surface area contributed by atoms with E-state index in [1.807, 2.05) is 0 Å². The van der Waals surface area contributed by atoms with Gasteiger partial charge in [-0.05, 0) is 42.8 Å². The van der Waals surface area contributed by atoms with Crippen molar-refractivity contribution < 1.29 is 9.18 Å². The average molecular weight is 245 g/mol. The first-order valence-electron chi connectivity index (χ1n) is 5.35. The number of carbonyl (C=O) groups excluding carboxylic acids is 1. The molecule has 4 nitrogen and oxygen atoms in total. The third-order valence-electron chi connectivity index (χ3n) is 2.44. The summed E-state index contributed by atoms with van der Waals surface area (Å²) in [6, 6.07) is 7.01. The Morgan fingerprint density at radius 3 is 2.61 bits per heavy atom. The highest BCUT2D eigenvalue weighted by Gasteiger charge is 2.08. The minimum absolute atomic E-state index is 0.338. The lowest BCUT2D eigenvalue weighted by Gasteiger charge is -2.07. The van der Waals surface area contributed by atoms with E-state index in [0.717, 1.165) is 5.56 Å². The Morgan fingerprint density at radius 1 is 1.33 bits per heavy atom. The molecule has 0 fully saturated rings. The third-order valence-corrected chi connectivity index (χ3v) is 2.44. The summed E-state index contributed by atoms with van der Waals surface area (Å²) in [5.74, 6) is -0.276. The smallest absolute Gasteiger partial charge is 0.256 e. The molecule has 0 spiro atoms. The minimum Gasteiger partial charge on any atom is -0.397 e. The van der Waals surface area contributed by atoms with Crippen molar-refractivity contribution in [3.63, 3.8) is 0 Å². The molecular formula is C13H12FN3O. The summed E-state index contributed by atoms with van der Waals surface area (Å²) in [7, 11) is 0. The zero-order valence-corrected chi connectivity index (χ0v) is 9.77. The number of halogens is 1. The van der Waals surface area contributed by atoms with Gasteiger partial charge in [-0.1, -0.05) is 0 Å². The molecule has 18 heavy (non-hydrogen) atoms. The van der Waals surface area contributed by atoms with Gasteiger partial charge in [0, 0.05) is 5.56 Å². The maximum atomic E-state index is 12.7.